The molecule has 1 aliphatic heterocycles. The molecular weight excluding hydrogens is 302 g/mol. The van der Waals surface area contributed by atoms with Crippen LogP contribution in [0.2, 0.25) is 0 Å². The number of hydrogen-bond acceptors (Lipinski definition) is 3. The van der Waals surface area contributed by atoms with Crippen LogP contribution in [0.5, 0.6) is 0 Å². The average Bonchev–Trinajstić information content (AvgIpc) is 2.85. The largest absolute Gasteiger partial charge is 0.478 e. The number of fused-ring (bicyclic) bond motifs is 1. The van der Waals surface area contributed by atoms with Gasteiger partial charge in [-0.25, -0.2) is 4.79 Å². The van der Waals surface area contributed by atoms with E-state index in [2.05, 4.69) is 22.3 Å². The van der Waals surface area contributed by atoms with Crippen LogP contribution in [-0.2, 0) is 26.6 Å². The van der Waals surface area contributed by atoms with E-state index in [-0.39, 0.29) is 0 Å². The predicted molar refractivity (Wildman–Crippen MR) is 91.0 cm³/mol. The van der Waals surface area contributed by atoms with E-state index in [1.807, 2.05) is 17.8 Å². The van der Waals surface area contributed by atoms with Crippen LogP contribution in [0.1, 0.15) is 57.9 Å². The molecule has 0 radical (unpaired) electrons. The third-order valence-corrected chi connectivity index (χ3v) is 5.41. The van der Waals surface area contributed by atoms with Crippen molar-refractivity contribution in [3.63, 3.8) is 0 Å². The molecule has 1 fully saturated rings. The van der Waals surface area contributed by atoms with Crippen molar-refractivity contribution >= 4 is 5.97 Å². The summed E-state index contributed by atoms with van der Waals surface area (Å²) in [6.45, 7) is 2.53. The third kappa shape index (κ3) is 2.73. The Balaban J connectivity index is 1.56. The summed E-state index contributed by atoms with van der Waals surface area (Å²) >= 11 is 0. The van der Waals surface area contributed by atoms with Crippen molar-refractivity contribution in [2.45, 2.75) is 44.7 Å². The molecule has 5 heteroatoms. The molecule has 0 saturated heterocycles. The van der Waals surface area contributed by atoms with Crippen LogP contribution in [-0.4, -0.2) is 32.3 Å². The number of carboxylic acids is 1. The number of carboxylic acid groups (broad SMARTS) is 1. The quantitative estimate of drug-likeness (QED) is 0.939. The summed E-state index contributed by atoms with van der Waals surface area (Å²) < 4.78 is 1.92. The van der Waals surface area contributed by atoms with Crippen molar-refractivity contribution in [2.24, 2.45) is 7.05 Å². The summed E-state index contributed by atoms with van der Waals surface area (Å²) in [4.78, 5) is 13.9. The minimum Gasteiger partial charge on any atom is -0.478 e. The second-order valence-electron chi connectivity index (χ2n) is 7.05. The fourth-order valence-electron chi connectivity index (χ4n) is 3.92. The molecule has 2 heterocycles. The third-order valence-electron chi connectivity index (χ3n) is 5.41. The maximum Gasteiger partial charge on any atom is 0.336 e. The maximum absolute atomic E-state index is 11.5. The van der Waals surface area contributed by atoms with Crippen molar-refractivity contribution in [1.29, 1.82) is 0 Å². The molecule has 126 valence electrons. The van der Waals surface area contributed by atoms with Gasteiger partial charge in [-0.2, -0.15) is 5.10 Å². The maximum atomic E-state index is 11.5. The number of aromatic nitrogens is 2. The molecule has 4 rings (SSSR count). The zero-order valence-corrected chi connectivity index (χ0v) is 14.0. The molecule has 0 bridgehead atoms. The molecule has 0 spiro atoms. The van der Waals surface area contributed by atoms with Gasteiger partial charge in [-0.15, -0.1) is 0 Å². The van der Waals surface area contributed by atoms with Gasteiger partial charge < -0.3 is 5.11 Å². The number of nitrogens with zero attached hydrogens (tertiary/aromatic N) is 3. The summed E-state index contributed by atoms with van der Waals surface area (Å²) in [5.41, 5.74) is 5.16. The Kier molecular flexibility index (Phi) is 3.88. The lowest BCUT2D eigenvalue weighted by molar-refractivity contribution is 0.0693. The van der Waals surface area contributed by atoms with Crippen molar-refractivity contribution in [3.05, 3.63) is 52.3 Å². The first-order valence-corrected chi connectivity index (χ1v) is 8.70. The molecule has 2 aromatic rings. The highest BCUT2D eigenvalue weighted by atomic mass is 16.4. The first kappa shape index (κ1) is 15.4. The number of rotatable bonds is 4. The highest BCUT2D eigenvalue weighted by molar-refractivity contribution is 5.89. The molecule has 1 aliphatic carbocycles. The monoisotopic (exact) mass is 325 g/mol. The minimum absolute atomic E-state index is 0.447. The first-order chi connectivity index (χ1) is 11.6. The number of aryl methyl sites for hydroxylation is 1. The number of benzene rings is 1. The summed E-state index contributed by atoms with van der Waals surface area (Å²) in [6.07, 6.45) is 6.84. The highest BCUT2D eigenvalue weighted by Crippen LogP contribution is 2.37. The van der Waals surface area contributed by atoms with Crippen molar-refractivity contribution < 1.29 is 9.90 Å². The van der Waals surface area contributed by atoms with Crippen molar-refractivity contribution in [3.8, 4) is 0 Å². The zero-order valence-electron chi connectivity index (χ0n) is 14.0. The van der Waals surface area contributed by atoms with Gasteiger partial charge in [0.05, 0.1) is 11.3 Å². The predicted octanol–water partition coefficient (Wildman–Crippen LogP) is 2.94. The van der Waals surface area contributed by atoms with Crippen molar-refractivity contribution in [2.75, 3.05) is 6.54 Å². The summed E-state index contributed by atoms with van der Waals surface area (Å²) in [6, 6.07) is 5.63. The smallest absolute Gasteiger partial charge is 0.336 e. The van der Waals surface area contributed by atoms with E-state index < -0.39 is 5.97 Å². The van der Waals surface area contributed by atoms with Crippen LogP contribution in [0.25, 0.3) is 0 Å². The normalized spacial score (nSPS) is 18.2. The van der Waals surface area contributed by atoms with Crippen LogP contribution >= 0.6 is 0 Å². The van der Waals surface area contributed by atoms with Gasteiger partial charge in [-0.1, -0.05) is 18.6 Å². The van der Waals surface area contributed by atoms with E-state index >= 15 is 0 Å². The van der Waals surface area contributed by atoms with Crippen LogP contribution in [0.4, 0.5) is 0 Å². The fraction of sp³-hybridized carbons (Fsp3) is 0.474. The van der Waals surface area contributed by atoms with Crippen LogP contribution in [0, 0.1) is 0 Å². The second kappa shape index (κ2) is 6.06. The zero-order chi connectivity index (χ0) is 16.7. The Hall–Kier alpha value is -2.14. The molecule has 1 aromatic carbocycles. The lowest BCUT2D eigenvalue weighted by atomic mass is 9.81. The summed E-state index contributed by atoms with van der Waals surface area (Å²) in [5.74, 6) is -0.210. The molecule has 0 atom stereocenters. The van der Waals surface area contributed by atoms with Gasteiger partial charge in [0.15, 0.2) is 0 Å². The standard InChI is InChI=1S/C19H23N3O2/c1-21-10-15(18(20-21)14-5-2-6-14)11-22-9-8-13-4-3-7-16(19(23)24)17(13)12-22/h3-4,7,10,14H,2,5-6,8-9,11-12H2,1H3,(H,23,24). The number of carbonyl (C=O) groups is 1. The molecule has 0 amide bonds. The van der Waals surface area contributed by atoms with Crippen LogP contribution < -0.4 is 0 Å². The highest BCUT2D eigenvalue weighted by Gasteiger charge is 2.27. The molecule has 1 N–H and O–H groups in total. The lowest BCUT2D eigenvalue weighted by Crippen LogP contribution is -2.31. The topological polar surface area (TPSA) is 58.4 Å². The van der Waals surface area contributed by atoms with Gasteiger partial charge in [0.25, 0.3) is 0 Å². The Labute approximate surface area is 141 Å². The van der Waals surface area contributed by atoms with E-state index in [0.717, 1.165) is 25.1 Å². The van der Waals surface area contributed by atoms with Crippen molar-refractivity contribution in [1.82, 2.24) is 14.7 Å². The van der Waals surface area contributed by atoms with Gasteiger partial charge in [0, 0.05) is 44.4 Å². The first-order valence-electron chi connectivity index (χ1n) is 8.70. The van der Waals surface area contributed by atoms with E-state index in [0.29, 0.717) is 18.0 Å². The number of hydrogen-bond donors (Lipinski definition) is 1. The molecular formula is C19H23N3O2. The Morgan fingerprint density at radius 3 is 2.92 bits per heavy atom. The number of aromatic carboxylic acids is 1. The molecule has 0 unspecified atom stereocenters. The minimum atomic E-state index is -0.828. The molecule has 1 saturated carbocycles. The van der Waals surface area contributed by atoms with E-state index in [9.17, 15) is 9.90 Å². The summed E-state index contributed by atoms with van der Waals surface area (Å²) in [5, 5.41) is 14.1. The van der Waals surface area contributed by atoms with Gasteiger partial charge in [-0.3, -0.25) is 9.58 Å². The lowest BCUT2D eigenvalue weighted by Gasteiger charge is -2.31. The Morgan fingerprint density at radius 1 is 1.38 bits per heavy atom. The second-order valence-corrected chi connectivity index (χ2v) is 7.05. The van der Waals surface area contributed by atoms with E-state index in [1.165, 1.54) is 36.1 Å². The summed E-state index contributed by atoms with van der Waals surface area (Å²) in [7, 11) is 1.99. The van der Waals surface area contributed by atoms with Gasteiger partial charge >= 0.3 is 5.97 Å². The van der Waals surface area contributed by atoms with Gasteiger partial charge in [0.1, 0.15) is 0 Å². The SMILES string of the molecule is Cn1cc(CN2CCc3cccc(C(=O)O)c3C2)c(C2CCC2)n1. The van der Waals surface area contributed by atoms with Crippen LogP contribution in [0.15, 0.2) is 24.4 Å². The van der Waals surface area contributed by atoms with Crippen LogP contribution in [0.3, 0.4) is 0 Å². The molecule has 1 aromatic heterocycles. The Bertz CT molecular complexity index is 777. The molecule has 5 nitrogen and oxygen atoms in total. The van der Waals surface area contributed by atoms with E-state index in [4.69, 9.17) is 0 Å². The fourth-order valence-corrected chi connectivity index (χ4v) is 3.92. The average molecular weight is 325 g/mol. The van der Waals surface area contributed by atoms with E-state index in [1.54, 1.807) is 6.07 Å². The van der Waals surface area contributed by atoms with Gasteiger partial charge in [-0.05, 0) is 36.5 Å². The Morgan fingerprint density at radius 2 is 2.21 bits per heavy atom. The molecule has 24 heavy (non-hydrogen) atoms. The molecule has 2 aliphatic rings. The van der Waals surface area contributed by atoms with Gasteiger partial charge in [0.2, 0.25) is 0 Å².